The predicted octanol–water partition coefficient (Wildman–Crippen LogP) is 5.30. The molecule has 6 rings (SSSR count). The maximum atomic E-state index is 9.48. The summed E-state index contributed by atoms with van der Waals surface area (Å²) in [5.41, 5.74) is 0.391. The molecule has 0 aliphatic carbocycles. The van der Waals surface area contributed by atoms with Crippen molar-refractivity contribution in [3.63, 3.8) is 0 Å². The molecule has 1 fully saturated rings. The number of benzene rings is 2. The molecule has 9 heteroatoms. The topological polar surface area (TPSA) is 99.3 Å². The van der Waals surface area contributed by atoms with Crippen molar-refractivity contribution in [3.05, 3.63) is 63.3 Å². The van der Waals surface area contributed by atoms with Crippen LogP contribution < -0.4 is 24.8 Å². The van der Waals surface area contributed by atoms with E-state index in [0.717, 1.165) is 12.0 Å². The third-order valence-corrected chi connectivity index (χ3v) is 8.29. The maximum Gasteiger partial charge on any atom is 0.212 e. The van der Waals surface area contributed by atoms with E-state index in [1.54, 1.807) is 11.3 Å². The second-order valence-corrected chi connectivity index (χ2v) is 10.8. The molecule has 7 nitrogen and oxygen atoms in total. The van der Waals surface area contributed by atoms with Gasteiger partial charge in [0.15, 0.2) is 28.1 Å². The van der Waals surface area contributed by atoms with Gasteiger partial charge in [-0.15, -0.1) is 11.3 Å². The number of rotatable bonds is 1. The van der Waals surface area contributed by atoms with Gasteiger partial charge in [-0.25, -0.2) is 0 Å². The Kier molecular flexibility index (Phi) is 4.72. The molecule has 0 bridgehead atoms. The minimum Gasteiger partial charge on any atom is -0.479 e. The van der Waals surface area contributed by atoms with Crippen LogP contribution in [-0.4, -0.2) is 22.8 Å². The first-order chi connectivity index (χ1) is 16.8. The largest absolute Gasteiger partial charge is 0.479 e. The fraction of sp³-hybridized carbons (Fsp3) is 0.269. The van der Waals surface area contributed by atoms with E-state index in [2.05, 4.69) is 48.1 Å². The summed E-state index contributed by atoms with van der Waals surface area (Å²) in [4.78, 5) is 1.24. The van der Waals surface area contributed by atoms with E-state index in [0.29, 0.717) is 40.4 Å². The number of hydrogen-bond donors (Lipinski definition) is 2. The summed E-state index contributed by atoms with van der Waals surface area (Å²) in [6.07, 6.45) is 0.746. The van der Waals surface area contributed by atoms with Crippen LogP contribution in [0.4, 0.5) is 0 Å². The highest BCUT2D eigenvalue weighted by molar-refractivity contribution is 7.80. The van der Waals surface area contributed by atoms with Gasteiger partial charge in [-0.05, 0) is 43.6 Å². The highest BCUT2D eigenvalue weighted by Gasteiger charge is 2.55. The molecule has 3 aliphatic heterocycles. The number of thiophene rings is 1. The second-order valence-electron chi connectivity index (χ2n) is 9.38. The molecule has 3 aliphatic rings. The molecular formula is C26H20N4O3S2. The minimum atomic E-state index is -0.627. The quantitative estimate of drug-likeness (QED) is 0.340. The Morgan fingerprint density at radius 2 is 1.77 bits per heavy atom. The van der Waals surface area contributed by atoms with Crippen LogP contribution >= 0.6 is 23.6 Å². The number of fused-ring (bicyclic) bond motifs is 4. The summed E-state index contributed by atoms with van der Waals surface area (Å²) in [6.45, 7) is 4.74. The number of ether oxygens (including phenoxy) is 3. The van der Waals surface area contributed by atoms with E-state index in [1.807, 2.05) is 18.2 Å². The lowest BCUT2D eigenvalue weighted by Gasteiger charge is -2.54. The van der Waals surface area contributed by atoms with Gasteiger partial charge in [-0.3, -0.25) is 0 Å². The lowest BCUT2D eigenvalue weighted by atomic mass is 9.71. The van der Waals surface area contributed by atoms with Gasteiger partial charge in [0.25, 0.3) is 0 Å². The molecule has 3 aromatic rings. The lowest BCUT2D eigenvalue weighted by molar-refractivity contribution is -0.0327. The first-order valence-electron chi connectivity index (χ1n) is 11.1. The predicted molar refractivity (Wildman–Crippen MR) is 134 cm³/mol. The zero-order valence-electron chi connectivity index (χ0n) is 19.0. The van der Waals surface area contributed by atoms with Crippen LogP contribution in [0.5, 0.6) is 28.7 Å². The molecular weight excluding hydrogens is 480 g/mol. The van der Waals surface area contributed by atoms with Crippen LogP contribution in [0, 0.1) is 22.7 Å². The standard InChI is InChI=1S/C26H20N4O3S2/c1-25(2)26(13-29-24(34)30-25)10-17(21-4-3-7-35-21)16-5-6-18-23(22(16)33-26)32-20-9-15(12-28)14(11-27)8-19(20)31-18/h3-9,17H,10,13H2,1-2H3,(H2,29,30,34)/t17-,26+/m1/s1. The second kappa shape index (κ2) is 7.61. The average Bonchev–Trinajstić information content (AvgIpc) is 3.38. The Labute approximate surface area is 211 Å². The van der Waals surface area contributed by atoms with Gasteiger partial charge in [-0.1, -0.05) is 12.1 Å². The number of thiocarbonyl (C=S) groups is 1. The van der Waals surface area contributed by atoms with Crippen molar-refractivity contribution in [3.8, 4) is 40.9 Å². The summed E-state index contributed by atoms with van der Waals surface area (Å²) in [6, 6.07) is 15.3. The molecule has 4 heterocycles. The summed E-state index contributed by atoms with van der Waals surface area (Å²) in [5.74, 6) is 2.42. The Bertz CT molecular complexity index is 1470. The van der Waals surface area contributed by atoms with Crippen LogP contribution in [0.3, 0.4) is 0 Å². The highest BCUT2D eigenvalue weighted by Crippen LogP contribution is 2.58. The Balaban J connectivity index is 1.51. The van der Waals surface area contributed by atoms with Crippen molar-refractivity contribution in [2.75, 3.05) is 6.54 Å². The van der Waals surface area contributed by atoms with Gasteiger partial charge in [-0.2, -0.15) is 10.5 Å². The molecule has 0 unspecified atom stereocenters. The number of nitrogens with one attached hydrogen (secondary N) is 2. The van der Waals surface area contributed by atoms with Crippen molar-refractivity contribution in [2.45, 2.75) is 37.3 Å². The normalized spacial score (nSPS) is 23.0. The van der Waals surface area contributed by atoms with Crippen LogP contribution in [0.1, 0.15) is 47.8 Å². The maximum absolute atomic E-state index is 9.48. The summed E-state index contributed by atoms with van der Waals surface area (Å²) < 4.78 is 19.3. The Morgan fingerprint density at radius 1 is 1.03 bits per heavy atom. The molecule has 2 aromatic carbocycles. The first-order valence-corrected chi connectivity index (χ1v) is 12.4. The lowest BCUT2D eigenvalue weighted by Crippen LogP contribution is -2.74. The molecule has 1 saturated heterocycles. The number of nitriles is 2. The zero-order chi connectivity index (χ0) is 24.4. The molecule has 0 amide bonds. The van der Waals surface area contributed by atoms with Crippen LogP contribution in [0.25, 0.3) is 0 Å². The summed E-state index contributed by atoms with van der Waals surface area (Å²) in [7, 11) is 0. The van der Waals surface area contributed by atoms with E-state index >= 15 is 0 Å². The number of nitrogens with zero attached hydrogens (tertiary/aromatic N) is 2. The monoisotopic (exact) mass is 500 g/mol. The molecule has 1 spiro atoms. The minimum absolute atomic E-state index is 0.0826. The third kappa shape index (κ3) is 3.23. The molecule has 2 N–H and O–H groups in total. The number of hydrogen-bond acceptors (Lipinski definition) is 7. The van der Waals surface area contributed by atoms with E-state index in [1.165, 1.54) is 17.0 Å². The van der Waals surface area contributed by atoms with E-state index < -0.39 is 11.1 Å². The van der Waals surface area contributed by atoms with Gasteiger partial charge in [0.2, 0.25) is 5.75 Å². The van der Waals surface area contributed by atoms with Crippen molar-refractivity contribution < 1.29 is 14.2 Å². The average molecular weight is 501 g/mol. The van der Waals surface area contributed by atoms with Gasteiger partial charge < -0.3 is 24.8 Å². The zero-order valence-corrected chi connectivity index (χ0v) is 20.6. The van der Waals surface area contributed by atoms with Crippen molar-refractivity contribution in [1.29, 1.82) is 10.5 Å². The summed E-state index contributed by atoms with van der Waals surface area (Å²) in [5, 5.41) is 28.2. The SMILES string of the molecule is CC1(C)NC(=S)NC[C@@]12C[C@@H](c1cccs1)c1ccc3c(c1O2)Oc1cc(C#N)c(C#N)cc1O3. The molecule has 2 atom stereocenters. The van der Waals surface area contributed by atoms with Crippen molar-refractivity contribution in [2.24, 2.45) is 0 Å². The molecule has 0 saturated carbocycles. The molecule has 174 valence electrons. The molecule has 35 heavy (non-hydrogen) atoms. The van der Waals surface area contributed by atoms with E-state index in [9.17, 15) is 10.5 Å². The highest BCUT2D eigenvalue weighted by atomic mass is 32.1. The smallest absolute Gasteiger partial charge is 0.212 e. The van der Waals surface area contributed by atoms with Gasteiger partial charge in [0.05, 0.1) is 23.2 Å². The summed E-state index contributed by atoms with van der Waals surface area (Å²) >= 11 is 7.12. The first kappa shape index (κ1) is 21.7. The molecule has 0 radical (unpaired) electrons. The van der Waals surface area contributed by atoms with Gasteiger partial charge >= 0.3 is 0 Å². The van der Waals surface area contributed by atoms with Crippen LogP contribution in [-0.2, 0) is 0 Å². The van der Waals surface area contributed by atoms with Gasteiger partial charge in [0, 0.05) is 34.9 Å². The van der Waals surface area contributed by atoms with Crippen molar-refractivity contribution >= 4 is 28.7 Å². The Morgan fingerprint density at radius 3 is 2.43 bits per heavy atom. The third-order valence-electron chi connectivity index (χ3n) is 7.06. The van der Waals surface area contributed by atoms with Crippen molar-refractivity contribution in [1.82, 2.24) is 10.6 Å². The van der Waals surface area contributed by atoms with Crippen LogP contribution in [0.2, 0.25) is 0 Å². The Hall–Kier alpha value is -3.79. The fourth-order valence-electron chi connectivity index (χ4n) is 5.05. The van der Waals surface area contributed by atoms with Crippen LogP contribution in [0.15, 0.2) is 41.8 Å². The van der Waals surface area contributed by atoms with Gasteiger partial charge in [0.1, 0.15) is 17.7 Å². The fourth-order valence-corrected chi connectivity index (χ4v) is 6.22. The van der Waals surface area contributed by atoms with E-state index in [-0.39, 0.29) is 17.0 Å². The van der Waals surface area contributed by atoms with E-state index in [4.69, 9.17) is 26.4 Å². The molecule has 1 aromatic heterocycles.